The molecule has 1 aliphatic rings. The SMILES string of the molecule is COc1cccc(-n2nc(C#N)cc2-c2ccc3c(c2)CCCC3)c1. The topological polar surface area (TPSA) is 50.8 Å². The Morgan fingerprint density at radius 2 is 1.88 bits per heavy atom. The van der Waals surface area contributed by atoms with Crippen molar-refractivity contribution in [2.75, 3.05) is 7.11 Å². The van der Waals surface area contributed by atoms with Crippen molar-refractivity contribution in [2.24, 2.45) is 0 Å². The minimum absolute atomic E-state index is 0.413. The summed E-state index contributed by atoms with van der Waals surface area (Å²) in [6.07, 6.45) is 4.80. The van der Waals surface area contributed by atoms with Crippen LogP contribution in [-0.2, 0) is 12.8 Å². The van der Waals surface area contributed by atoms with Gasteiger partial charge in [-0.3, -0.25) is 0 Å². The number of methoxy groups -OCH3 is 1. The van der Waals surface area contributed by atoms with Crippen LogP contribution in [0.15, 0.2) is 48.5 Å². The van der Waals surface area contributed by atoms with Crippen LogP contribution in [0.5, 0.6) is 5.75 Å². The Hall–Kier alpha value is -3.06. The number of nitrogens with zero attached hydrogens (tertiary/aromatic N) is 3. The second-order valence-electron chi connectivity index (χ2n) is 6.33. The number of benzene rings is 2. The number of hydrogen-bond donors (Lipinski definition) is 0. The standard InChI is InChI=1S/C21H19N3O/c1-25-20-8-4-7-19(13-20)24-21(12-18(14-22)23-24)17-10-9-15-5-2-3-6-16(15)11-17/h4,7-13H,2-3,5-6H2,1H3. The third kappa shape index (κ3) is 2.89. The van der Waals surface area contributed by atoms with Crippen LogP contribution in [-0.4, -0.2) is 16.9 Å². The quantitative estimate of drug-likeness (QED) is 0.720. The molecule has 0 unspecified atom stereocenters. The van der Waals surface area contributed by atoms with Crippen molar-refractivity contribution in [3.8, 4) is 28.8 Å². The summed E-state index contributed by atoms with van der Waals surface area (Å²) in [6, 6.07) is 18.3. The molecular formula is C21H19N3O. The maximum absolute atomic E-state index is 9.31. The van der Waals surface area contributed by atoms with Crippen LogP contribution < -0.4 is 4.74 Å². The van der Waals surface area contributed by atoms with E-state index in [0.29, 0.717) is 5.69 Å². The molecule has 4 nitrogen and oxygen atoms in total. The van der Waals surface area contributed by atoms with Crippen molar-refractivity contribution >= 4 is 0 Å². The number of hydrogen-bond acceptors (Lipinski definition) is 3. The lowest BCUT2D eigenvalue weighted by atomic mass is 9.90. The molecule has 0 radical (unpaired) electrons. The highest BCUT2D eigenvalue weighted by Gasteiger charge is 2.15. The number of ether oxygens (including phenoxy) is 1. The molecule has 2 aromatic carbocycles. The van der Waals surface area contributed by atoms with Gasteiger partial charge in [0.2, 0.25) is 0 Å². The first-order valence-corrected chi connectivity index (χ1v) is 8.55. The molecule has 0 atom stereocenters. The van der Waals surface area contributed by atoms with Crippen LogP contribution in [0, 0.1) is 11.3 Å². The zero-order valence-corrected chi connectivity index (χ0v) is 14.2. The number of aryl methyl sites for hydroxylation is 2. The molecule has 0 spiro atoms. The van der Waals surface area contributed by atoms with Gasteiger partial charge in [-0.2, -0.15) is 10.4 Å². The minimum Gasteiger partial charge on any atom is -0.497 e. The van der Waals surface area contributed by atoms with Crippen LogP contribution in [0.25, 0.3) is 16.9 Å². The molecule has 0 aliphatic heterocycles. The molecule has 0 amide bonds. The maximum Gasteiger partial charge on any atom is 0.163 e. The average molecular weight is 329 g/mol. The van der Waals surface area contributed by atoms with E-state index in [1.165, 1.54) is 24.0 Å². The van der Waals surface area contributed by atoms with Gasteiger partial charge in [0.1, 0.15) is 11.8 Å². The second kappa shape index (κ2) is 6.45. The molecule has 1 aliphatic carbocycles. The highest BCUT2D eigenvalue weighted by atomic mass is 16.5. The molecule has 0 saturated carbocycles. The molecule has 1 aromatic heterocycles. The largest absolute Gasteiger partial charge is 0.497 e. The Bertz CT molecular complexity index is 966. The molecular weight excluding hydrogens is 310 g/mol. The lowest BCUT2D eigenvalue weighted by Crippen LogP contribution is -2.04. The minimum atomic E-state index is 0.413. The molecule has 124 valence electrons. The molecule has 25 heavy (non-hydrogen) atoms. The predicted molar refractivity (Wildman–Crippen MR) is 96.9 cm³/mol. The Morgan fingerprint density at radius 3 is 2.68 bits per heavy atom. The van der Waals surface area contributed by atoms with Gasteiger partial charge < -0.3 is 4.74 Å². The molecule has 0 fully saturated rings. The van der Waals surface area contributed by atoms with E-state index < -0.39 is 0 Å². The molecule has 4 rings (SSSR count). The number of aromatic nitrogens is 2. The molecule has 0 N–H and O–H groups in total. The van der Waals surface area contributed by atoms with Gasteiger partial charge in [0.25, 0.3) is 0 Å². The number of nitriles is 1. The van der Waals surface area contributed by atoms with Crippen molar-refractivity contribution in [3.05, 3.63) is 65.4 Å². The summed E-state index contributed by atoms with van der Waals surface area (Å²) >= 11 is 0. The van der Waals surface area contributed by atoms with E-state index in [1.54, 1.807) is 7.11 Å². The lowest BCUT2D eigenvalue weighted by Gasteiger charge is -2.17. The van der Waals surface area contributed by atoms with E-state index in [9.17, 15) is 5.26 Å². The fourth-order valence-electron chi connectivity index (χ4n) is 3.47. The third-order valence-corrected chi connectivity index (χ3v) is 4.77. The van der Waals surface area contributed by atoms with Gasteiger partial charge in [-0.25, -0.2) is 4.68 Å². The molecule has 0 saturated heterocycles. The highest BCUT2D eigenvalue weighted by Crippen LogP contribution is 2.30. The van der Waals surface area contributed by atoms with Crippen LogP contribution in [0.3, 0.4) is 0 Å². The first-order valence-electron chi connectivity index (χ1n) is 8.55. The van der Waals surface area contributed by atoms with Crippen LogP contribution in [0.2, 0.25) is 0 Å². The van der Waals surface area contributed by atoms with E-state index in [-0.39, 0.29) is 0 Å². The summed E-state index contributed by atoms with van der Waals surface area (Å²) in [5, 5.41) is 13.8. The van der Waals surface area contributed by atoms with E-state index in [1.807, 2.05) is 35.0 Å². The number of rotatable bonds is 3. The zero-order chi connectivity index (χ0) is 17.2. The Balaban J connectivity index is 1.85. The van der Waals surface area contributed by atoms with Crippen LogP contribution >= 0.6 is 0 Å². The normalized spacial score (nSPS) is 13.1. The Morgan fingerprint density at radius 1 is 1.04 bits per heavy atom. The fourth-order valence-corrected chi connectivity index (χ4v) is 3.47. The van der Waals surface area contributed by atoms with Gasteiger partial charge in [-0.05, 0) is 55.0 Å². The highest BCUT2D eigenvalue weighted by molar-refractivity contribution is 5.65. The van der Waals surface area contributed by atoms with Gasteiger partial charge in [-0.1, -0.05) is 18.2 Å². The van der Waals surface area contributed by atoms with Gasteiger partial charge in [-0.15, -0.1) is 0 Å². The van der Waals surface area contributed by atoms with E-state index >= 15 is 0 Å². The van der Waals surface area contributed by atoms with Crippen LogP contribution in [0.1, 0.15) is 29.7 Å². The molecule has 4 heteroatoms. The average Bonchev–Trinajstić information content (AvgIpc) is 3.12. The first-order chi connectivity index (χ1) is 12.3. The van der Waals surface area contributed by atoms with Crippen molar-refractivity contribution < 1.29 is 4.74 Å². The van der Waals surface area contributed by atoms with E-state index in [4.69, 9.17) is 4.74 Å². The summed E-state index contributed by atoms with van der Waals surface area (Å²) in [6.45, 7) is 0. The zero-order valence-electron chi connectivity index (χ0n) is 14.2. The monoisotopic (exact) mass is 329 g/mol. The summed E-state index contributed by atoms with van der Waals surface area (Å²) in [7, 11) is 1.65. The molecule has 1 heterocycles. The van der Waals surface area contributed by atoms with Gasteiger partial charge in [0, 0.05) is 17.7 Å². The summed E-state index contributed by atoms with van der Waals surface area (Å²) in [4.78, 5) is 0. The second-order valence-corrected chi connectivity index (χ2v) is 6.33. The van der Waals surface area contributed by atoms with Crippen molar-refractivity contribution in [1.29, 1.82) is 5.26 Å². The Labute approximate surface area is 147 Å². The van der Waals surface area contributed by atoms with Crippen molar-refractivity contribution in [2.45, 2.75) is 25.7 Å². The lowest BCUT2D eigenvalue weighted by molar-refractivity contribution is 0.414. The fraction of sp³-hybridized carbons (Fsp3) is 0.238. The van der Waals surface area contributed by atoms with Crippen LogP contribution in [0.4, 0.5) is 0 Å². The van der Waals surface area contributed by atoms with E-state index in [0.717, 1.165) is 35.5 Å². The maximum atomic E-state index is 9.31. The predicted octanol–water partition coefficient (Wildman–Crippen LogP) is 4.30. The molecule has 3 aromatic rings. The number of fused-ring (bicyclic) bond motifs is 1. The Kier molecular flexibility index (Phi) is 3.99. The van der Waals surface area contributed by atoms with Crippen molar-refractivity contribution in [1.82, 2.24) is 9.78 Å². The third-order valence-electron chi connectivity index (χ3n) is 4.77. The first kappa shape index (κ1) is 15.5. The summed E-state index contributed by atoms with van der Waals surface area (Å²) in [5.41, 5.74) is 6.18. The van der Waals surface area contributed by atoms with Crippen molar-refractivity contribution in [3.63, 3.8) is 0 Å². The van der Waals surface area contributed by atoms with Gasteiger partial charge in [0.05, 0.1) is 18.5 Å². The van der Waals surface area contributed by atoms with Gasteiger partial charge in [0.15, 0.2) is 5.69 Å². The smallest absolute Gasteiger partial charge is 0.163 e. The summed E-state index contributed by atoms with van der Waals surface area (Å²) < 4.78 is 7.15. The molecule has 0 bridgehead atoms. The van der Waals surface area contributed by atoms with Gasteiger partial charge >= 0.3 is 0 Å². The van der Waals surface area contributed by atoms with E-state index in [2.05, 4.69) is 29.4 Å². The summed E-state index contributed by atoms with van der Waals surface area (Å²) in [5.74, 6) is 0.767.